The van der Waals surface area contributed by atoms with Crippen LogP contribution in [0.1, 0.15) is 23.3 Å². The number of hydrogen-bond donors (Lipinski definition) is 1. The Morgan fingerprint density at radius 1 is 1.45 bits per heavy atom. The minimum atomic E-state index is -0.521. The molecule has 1 aliphatic carbocycles. The van der Waals surface area contributed by atoms with Crippen molar-refractivity contribution in [3.8, 4) is 11.6 Å². The number of nitrogens with zero attached hydrogens (tertiary/aromatic N) is 3. The lowest BCUT2D eigenvalue weighted by molar-refractivity contribution is -0.385. The van der Waals surface area contributed by atoms with Gasteiger partial charge >= 0.3 is 5.69 Å². The van der Waals surface area contributed by atoms with Gasteiger partial charge in [0, 0.05) is 25.2 Å². The summed E-state index contributed by atoms with van der Waals surface area (Å²) in [4.78, 5) is 22.4. The first-order valence-electron chi connectivity index (χ1n) is 6.81. The molecule has 22 heavy (non-hydrogen) atoms. The number of para-hydroxylation sites is 2. The van der Waals surface area contributed by atoms with Crippen molar-refractivity contribution in [3.63, 3.8) is 0 Å². The predicted molar refractivity (Wildman–Crippen MR) is 76.9 cm³/mol. The fourth-order valence-electron chi connectivity index (χ4n) is 1.95. The number of carbonyl (C=O) groups excluding carboxylic acids is 1. The molecule has 0 unspecified atom stereocenters. The van der Waals surface area contributed by atoms with Gasteiger partial charge in [0.2, 0.25) is 11.6 Å². The Morgan fingerprint density at radius 3 is 2.86 bits per heavy atom. The number of ether oxygens (including phenoxy) is 1. The molecule has 0 spiro atoms. The summed E-state index contributed by atoms with van der Waals surface area (Å²) in [6, 6.07) is 7.74. The third-order valence-electron chi connectivity index (χ3n) is 3.26. The molecule has 0 bridgehead atoms. The second kappa shape index (κ2) is 5.47. The summed E-state index contributed by atoms with van der Waals surface area (Å²) >= 11 is 0. The maximum atomic E-state index is 11.9. The number of nitro groups is 1. The standard InChI is InChI=1S/C14H14N4O4/c1-17-13(8-10(16-17)14(19)15-9-6-7-9)22-12-5-3-2-4-11(12)18(20)21/h2-5,8-9H,6-7H2,1H3,(H,15,19). The van der Waals surface area contributed by atoms with Crippen molar-refractivity contribution in [2.75, 3.05) is 0 Å². The summed E-state index contributed by atoms with van der Waals surface area (Å²) in [5.41, 5.74) is 0.0793. The highest BCUT2D eigenvalue weighted by Gasteiger charge is 2.25. The first kappa shape index (κ1) is 14.1. The number of amides is 1. The van der Waals surface area contributed by atoms with Gasteiger partial charge < -0.3 is 10.1 Å². The van der Waals surface area contributed by atoms with Crippen LogP contribution < -0.4 is 10.1 Å². The van der Waals surface area contributed by atoms with E-state index in [1.807, 2.05) is 0 Å². The summed E-state index contributed by atoms with van der Waals surface area (Å²) in [7, 11) is 1.61. The van der Waals surface area contributed by atoms with Crippen molar-refractivity contribution in [1.82, 2.24) is 15.1 Å². The van der Waals surface area contributed by atoms with Gasteiger partial charge in [-0.05, 0) is 18.9 Å². The number of carbonyl (C=O) groups is 1. The Labute approximate surface area is 125 Å². The summed E-state index contributed by atoms with van der Waals surface area (Å²) in [6.07, 6.45) is 1.97. The van der Waals surface area contributed by atoms with Crippen LogP contribution in [0, 0.1) is 10.1 Å². The third kappa shape index (κ3) is 2.90. The molecule has 0 saturated heterocycles. The molecule has 114 valence electrons. The number of nitrogens with one attached hydrogen (secondary N) is 1. The number of aromatic nitrogens is 2. The molecule has 0 atom stereocenters. The maximum absolute atomic E-state index is 11.9. The lowest BCUT2D eigenvalue weighted by Gasteiger charge is -2.05. The topological polar surface area (TPSA) is 99.3 Å². The van der Waals surface area contributed by atoms with Crippen LogP contribution in [0.25, 0.3) is 0 Å². The number of nitro benzene ring substituents is 1. The van der Waals surface area contributed by atoms with Crippen LogP contribution in [0.4, 0.5) is 5.69 Å². The van der Waals surface area contributed by atoms with E-state index in [4.69, 9.17) is 4.74 Å². The molecule has 8 nitrogen and oxygen atoms in total. The van der Waals surface area contributed by atoms with E-state index < -0.39 is 4.92 Å². The number of rotatable bonds is 5. The fourth-order valence-corrected chi connectivity index (χ4v) is 1.95. The van der Waals surface area contributed by atoms with E-state index in [2.05, 4.69) is 10.4 Å². The zero-order valence-corrected chi connectivity index (χ0v) is 11.9. The minimum Gasteiger partial charge on any atom is -0.432 e. The highest BCUT2D eigenvalue weighted by atomic mass is 16.6. The summed E-state index contributed by atoms with van der Waals surface area (Å²) in [5.74, 6) is 0.0930. The molecule has 1 saturated carbocycles. The molecular formula is C14H14N4O4. The zero-order valence-electron chi connectivity index (χ0n) is 11.9. The molecule has 1 aromatic carbocycles. The van der Waals surface area contributed by atoms with Crippen LogP contribution in [0.3, 0.4) is 0 Å². The Kier molecular flexibility index (Phi) is 3.50. The van der Waals surface area contributed by atoms with Crippen molar-refractivity contribution >= 4 is 11.6 Å². The molecule has 2 aromatic rings. The first-order valence-corrected chi connectivity index (χ1v) is 6.81. The molecule has 1 aliphatic rings. The SMILES string of the molecule is Cn1nc(C(=O)NC2CC2)cc1Oc1ccccc1[N+](=O)[O-]. The Bertz CT molecular complexity index is 736. The van der Waals surface area contributed by atoms with Crippen molar-refractivity contribution in [2.45, 2.75) is 18.9 Å². The van der Waals surface area contributed by atoms with E-state index in [0.717, 1.165) is 12.8 Å². The molecule has 1 fully saturated rings. The fraction of sp³-hybridized carbons (Fsp3) is 0.286. The van der Waals surface area contributed by atoms with Gasteiger partial charge in [-0.2, -0.15) is 5.10 Å². The molecular weight excluding hydrogens is 288 g/mol. The van der Waals surface area contributed by atoms with Gasteiger partial charge in [0.05, 0.1) is 4.92 Å². The highest BCUT2D eigenvalue weighted by Crippen LogP contribution is 2.31. The molecule has 1 heterocycles. The molecule has 0 radical (unpaired) electrons. The lowest BCUT2D eigenvalue weighted by atomic mass is 10.3. The van der Waals surface area contributed by atoms with E-state index in [1.54, 1.807) is 19.2 Å². The largest absolute Gasteiger partial charge is 0.432 e. The van der Waals surface area contributed by atoms with Crippen LogP contribution in [-0.4, -0.2) is 26.7 Å². The molecule has 1 N–H and O–H groups in total. The second-order valence-corrected chi connectivity index (χ2v) is 5.07. The van der Waals surface area contributed by atoms with Gasteiger partial charge in [-0.1, -0.05) is 12.1 Å². The van der Waals surface area contributed by atoms with Crippen LogP contribution in [0.2, 0.25) is 0 Å². The van der Waals surface area contributed by atoms with Crippen LogP contribution in [-0.2, 0) is 7.05 Å². The summed E-state index contributed by atoms with van der Waals surface area (Å²) < 4.78 is 6.91. The summed E-state index contributed by atoms with van der Waals surface area (Å²) in [5, 5.41) is 17.9. The van der Waals surface area contributed by atoms with Crippen molar-refractivity contribution in [1.29, 1.82) is 0 Å². The quantitative estimate of drug-likeness (QED) is 0.672. The van der Waals surface area contributed by atoms with E-state index in [1.165, 1.54) is 22.9 Å². The van der Waals surface area contributed by atoms with E-state index in [-0.39, 0.29) is 35.0 Å². The monoisotopic (exact) mass is 302 g/mol. The average Bonchev–Trinajstić information content (AvgIpc) is 3.22. The maximum Gasteiger partial charge on any atom is 0.311 e. The number of benzene rings is 1. The normalized spacial score (nSPS) is 13.7. The van der Waals surface area contributed by atoms with Gasteiger partial charge in [-0.15, -0.1) is 0 Å². The van der Waals surface area contributed by atoms with Gasteiger partial charge in [0.15, 0.2) is 5.69 Å². The van der Waals surface area contributed by atoms with Crippen LogP contribution in [0.5, 0.6) is 11.6 Å². The lowest BCUT2D eigenvalue weighted by Crippen LogP contribution is -2.25. The molecule has 1 aromatic heterocycles. The van der Waals surface area contributed by atoms with E-state index in [0.29, 0.717) is 0 Å². The molecule has 1 amide bonds. The van der Waals surface area contributed by atoms with Gasteiger partial charge in [0.25, 0.3) is 5.91 Å². The van der Waals surface area contributed by atoms with Crippen LogP contribution in [0.15, 0.2) is 30.3 Å². The third-order valence-corrected chi connectivity index (χ3v) is 3.26. The smallest absolute Gasteiger partial charge is 0.311 e. The van der Waals surface area contributed by atoms with Gasteiger partial charge in [0.1, 0.15) is 0 Å². The molecule has 8 heteroatoms. The Hall–Kier alpha value is -2.90. The Balaban J connectivity index is 1.82. The highest BCUT2D eigenvalue weighted by molar-refractivity contribution is 5.93. The Morgan fingerprint density at radius 2 is 2.18 bits per heavy atom. The molecule has 0 aliphatic heterocycles. The minimum absolute atomic E-state index is 0.102. The zero-order chi connectivity index (χ0) is 15.7. The van der Waals surface area contributed by atoms with Crippen molar-refractivity contribution in [2.24, 2.45) is 7.05 Å². The predicted octanol–water partition coefficient (Wildman–Crippen LogP) is 2.01. The van der Waals surface area contributed by atoms with Gasteiger partial charge in [-0.25, -0.2) is 4.68 Å². The second-order valence-electron chi connectivity index (χ2n) is 5.07. The van der Waals surface area contributed by atoms with Gasteiger partial charge in [-0.3, -0.25) is 14.9 Å². The molecule has 3 rings (SSSR count). The number of aryl methyl sites for hydroxylation is 1. The van der Waals surface area contributed by atoms with E-state index >= 15 is 0 Å². The first-order chi connectivity index (χ1) is 10.5. The number of hydrogen-bond acceptors (Lipinski definition) is 5. The van der Waals surface area contributed by atoms with E-state index in [9.17, 15) is 14.9 Å². The van der Waals surface area contributed by atoms with Crippen LogP contribution >= 0.6 is 0 Å². The van der Waals surface area contributed by atoms with Crippen molar-refractivity contribution < 1.29 is 14.5 Å². The average molecular weight is 302 g/mol. The summed E-state index contributed by atoms with van der Waals surface area (Å²) in [6.45, 7) is 0. The van der Waals surface area contributed by atoms with Crippen molar-refractivity contribution in [3.05, 3.63) is 46.1 Å².